The summed E-state index contributed by atoms with van der Waals surface area (Å²) in [7, 11) is 0. The average molecular weight is 285 g/mol. The van der Waals surface area contributed by atoms with Crippen LogP contribution < -0.4 is 11.1 Å². The second-order valence-corrected chi connectivity index (χ2v) is 6.41. The Bertz CT molecular complexity index is 332. The lowest BCUT2D eigenvalue weighted by molar-refractivity contribution is -0.138. The molecule has 0 spiro atoms. The van der Waals surface area contributed by atoms with Crippen LogP contribution >= 0.6 is 11.8 Å². The number of thioether (sulfide) groups is 1. The van der Waals surface area contributed by atoms with E-state index in [9.17, 15) is 9.59 Å². The summed E-state index contributed by atoms with van der Waals surface area (Å²) in [6, 6.07) is 0. The number of hydrogen-bond acceptors (Lipinski definition) is 4. The van der Waals surface area contributed by atoms with E-state index >= 15 is 0 Å². The van der Waals surface area contributed by atoms with Crippen molar-refractivity contribution in [3.05, 3.63) is 0 Å². The van der Waals surface area contributed by atoms with Gasteiger partial charge in [-0.05, 0) is 25.0 Å². The van der Waals surface area contributed by atoms with Crippen LogP contribution in [0.1, 0.15) is 19.3 Å². The van der Waals surface area contributed by atoms with E-state index in [1.807, 2.05) is 16.7 Å². The maximum Gasteiger partial charge on any atom is 0.226 e. The minimum Gasteiger partial charge on any atom is -0.355 e. The maximum absolute atomic E-state index is 12.3. The number of hydrogen-bond donors (Lipinski definition) is 2. The SMILES string of the molecule is NCCNC(=O)C1CCCN(C(=O)C2CCSC2)C1. The molecule has 0 aromatic heterocycles. The normalized spacial score (nSPS) is 27.3. The van der Waals surface area contributed by atoms with Gasteiger partial charge >= 0.3 is 0 Å². The van der Waals surface area contributed by atoms with Crippen molar-refractivity contribution in [1.82, 2.24) is 10.2 Å². The Hall–Kier alpha value is -0.750. The largest absolute Gasteiger partial charge is 0.355 e. The van der Waals surface area contributed by atoms with Gasteiger partial charge in [0.05, 0.1) is 5.92 Å². The third kappa shape index (κ3) is 3.86. The van der Waals surface area contributed by atoms with E-state index in [1.165, 1.54) is 0 Å². The molecule has 2 fully saturated rings. The Balaban J connectivity index is 1.85. The zero-order valence-corrected chi connectivity index (χ0v) is 12.1. The molecule has 0 aliphatic carbocycles. The number of piperidine rings is 1. The summed E-state index contributed by atoms with van der Waals surface area (Å²) in [6.07, 6.45) is 2.79. The standard InChI is InChI=1S/C13H23N3O2S/c14-4-5-15-12(17)10-2-1-6-16(8-10)13(18)11-3-7-19-9-11/h10-11H,1-9,14H2,(H,15,17). The molecular formula is C13H23N3O2S. The summed E-state index contributed by atoms with van der Waals surface area (Å²) in [5.41, 5.74) is 5.38. The molecule has 0 aromatic carbocycles. The molecule has 2 aliphatic rings. The van der Waals surface area contributed by atoms with Gasteiger partial charge in [0, 0.05) is 37.8 Å². The first-order valence-corrected chi connectivity index (χ1v) is 8.22. The molecular weight excluding hydrogens is 262 g/mol. The fourth-order valence-electron chi connectivity index (χ4n) is 2.72. The average Bonchev–Trinajstić information content (AvgIpc) is 2.98. The zero-order valence-electron chi connectivity index (χ0n) is 11.3. The van der Waals surface area contributed by atoms with E-state index in [1.54, 1.807) is 0 Å². The second-order valence-electron chi connectivity index (χ2n) is 5.26. The quantitative estimate of drug-likeness (QED) is 0.765. The smallest absolute Gasteiger partial charge is 0.226 e. The Morgan fingerprint density at radius 3 is 2.84 bits per heavy atom. The van der Waals surface area contributed by atoms with Crippen LogP contribution in [0, 0.1) is 11.8 Å². The van der Waals surface area contributed by atoms with Crippen LogP contribution in [0.5, 0.6) is 0 Å². The van der Waals surface area contributed by atoms with E-state index in [-0.39, 0.29) is 23.7 Å². The number of amides is 2. The monoisotopic (exact) mass is 285 g/mol. The summed E-state index contributed by atoms with van der Waals surface area (Å²) in [6.45, 7) is 2.36. The minimum atomic E-state index is -0.0571. The fourth-order valence-corrected chi connectivity index (χ4v) is 3.93. The van der Waals surface area contributed by atoms with Crippen molar-refractivity contribution >= 4 is 23.6 Å². The van der Waals surface area contributed by atoms with Gasteiger partial charge in [0.25, 0.3) is 0 Å². The molecule has 3 N–H and O–H groups in total. The first-order chi connectivity index (χ1) is 9.22. The molecule has 0 aromatic rings. The van der Waals surface area contributed by atoms with Gasteiger partial charge in [-0.2, -0.15) is 11.8 Å². The Labute approximate surface area is 118 Å². The Morgan fingerprint density at radius 2 is 2.16 bits per heavy atom. The molecule has 19 heavy (non-hydrogen) atoms. The third-order valence-corrected chi connectivity index (χ3v) is 4.99. The number of nitrogens with zero attached hydrogens (tertiary/aromatic N) is 1. The third-order valence-electron chi connectivity index (χ3n) is 3.83. The van der Waals surface area contributed by atoms with Crippen LogP contribution in [0.3, 0.4) is 0 Å². The van der Waals surface area contributed by atoms with Crippen molar-refractivity contribution in [3.63, 3.8) is 0 Å². The Morgan fingerprint density at radius 1 is 1.32 bits per heavy atom. The number of likely N-dealkylation sites (tertiary alicyclic amines) is 1. The van der Waals surface area contributed by atoms with Crippen LogP contribution in [-0.4, -0.2) is 54.4 Å². The summed E-state index contributed by atoms with van der Waals surface area (Å²) in [5, 5.41) is 2.83. The van der Waals surface area contributed by atoms with Gasteiger partial charge < -0.3 is 16.0 Å². The van der Waals surface area contributed by atoms with Gasteiger partial charge in [-0.25, -0.2) is 0 Å². The van der Waals surface area contributed by atoms with Crippen LogP contribution in [0.4, 0.5) is 0 Å². The summed E-state index contributed by atoms with van der Waals surface area (Å²) < 4.78 is 0. The molecule has 0 saturated carbocycles. The predicted molar refractivity (Wildman–Crippen MR) is 76.8 cm³/mol. The lowest BCUT2D eigenvalue weighted by Gasteiger charge is -2.33. The van der Waals surface area contributed by atoms with Crippen molar-refractivity contribution in [1.29, 1.82) is 0 Å². The lowest BCUT2D eigenvalue weighted by atomic mass is 9.95. The highest BCUT2D eigenvalue weighted by Crippen LogP contribution is 2.27. The minimum absolute atomic E-state index is 0.0451. The van der Waals surface area contributed by atoms with E-state index in [0.717, 1.165) is 37.3 Å². The molecule has 2 heterocycles. The molecule has 0 radical (unpaired) electrons. The fraction of sp³-hybridized carbons (Fsp3) is 0.846. The van der Waals surface area contributed by atoms with Gasteiger partial charge in [0.15, 0.2) is 0 Å². The highest BCUT2D eigenvalue weighted by atomic mass is 32.2. The van der Waals surface area contributed by atoms with Crippen molar-refractivity contribution in [3.8, 4) is 0 Å². The van der Waals surface area contributed by atoms with Crippen LogP contribution in [0.25, 0.3) is 0 Å². The molecule has 5 nitrogen and oxygen atoms in total. The molecule has 2 unspecified atom stereocenters. The van der Waals surface area contributed by atoms with Gasteiger partial charge in [-0.15, -0.1) is 0 Å². The number of carbonyl (C=O) groups is 2. The molecule has 2 amide bonds. The van der Waals surface area contributed by atoms with Gasteiger partial charge in [0.2, 0.25) is 11.8 Å². The number of rotatable bonds is 4. The zero-order chi connectivity index (χ0) is 13.7. The van der Waals surface area contributed by atoms with Crippen molar-refractivity contribution < 1.29 is 9.59 Å². The first kappa shape index (κ1) is 14.7. The highest BCUT2D eigenvalue weighted by Gasteiger charge is 2.32. The molecule has 2 atom stereocenters. The van der Waals surface area contributed by atoms with Crippen molar-refractivity contribution in [2.45, 2.75) is 19.3 Å². The van der Waals surface area contributed by atoms with Crippen molar-refractivity contribution in [2.75, 3.05) is 37.7 Å². The Kier molecular flexibility index (Phi) is 5.51. The predicted octanol–water partition coefficient (Wildman–Crippen LogP) is 0.0530. The molecule has 6 heteroatoms. The van der Waals surface area contributed by atoms with Gasteiger partial charge in [0.1, 0.15) is 0 Å². The molecule has 2 saturated heterocycles. The summed E-state index contributed by atoms with van der Waals surface area (Å²) >= 11 is 1.85. The highest BCUT2D eigenvalue weighted by molar-refractivity contribution is 7.99. The van der Waals surface area contributed by atoms with Crippen LogP contribution in [0.2, 0.25) is 0 Å². The van der Waals surface area contributed by atoms with Crippen LogP contribution in [-0.2, 0) is 9.59 Å². The lowest BCUT2D eigenvalue weighted by Crippen LogP contribution is -2.47. The summed E-state index contributed by atoms with van der Waals surface area (Å²) in [4.78, 5) is 26.2. The molecule has 2 aliphatic heterocycles. The molecule has 2 rings (SSSR count). The van der Waals surface area contributed by atoms with Crippen molar-refractivity contribution in [2.24, 2.45) is 17.6 Å². The number of nitrogens with two attached hydrogens (primary N) is 1. The second kappa shape index (κ2) is 7.14. The number of nitrogens with one attached hydrogen (secondary N) is 1. The van der Waals surface area contributed by atoms with E-state index < -0.39 is 0 Å². The van der Waals surface area contributed by atoms with E-state index in [2.05, 4.69) is 5.32 Å². The van der Waals surface area contributed by atoms with Gasteiger partial charge in [-0.1, -0.05) is 0 Å². The van der Waals surface area contributed by atoms with E-state index in [0.29, 0.717) is 19.6 Å². The van der Waals surface area contributed by atoms with Gasteiger partial charge in [-0.3, -0.25) is 9.59 Å². The van der Waals surface area contributed by atoms with E-state index in [4.69, 9.17) is 5.73 Å². The topological polar surface area (TPSA) is 75.4 Å². The molecule has 0 bridgehead atoms. The number of carbonyl (C=O) groups excluding carboxylic acids is 2. The van der Waals surface area contributed by atoms with Crippen LogP contribution in [0.15, 0.2) is 0 Å². The first-order valence-electron chi connectivity index (χ1n) is 7.06. The molecule has 108 valence electrons. The summed E-state index contributed by atoms with van der Waals surface area (Å²) in [5.74, 6) is 2.45. The maximum atomic E-state index is 12.3.